The third-order valence-electron chi connectivity index (χ3n) is 4.69. The third-order valence-corrected chi connectivity index (χ3v) is 5.62. The van der Waals surface area contributed by atoms with E-state index in [0.29, 0.717) is 12.1 Å². The van der Waals surface area contributed by atoms with Gasteiger partial charge in [-0.2, -0.15) is 0 Å². The highest BCUT2D eigenvalue weighted by atomic mass is 32.1. The quantitative estimate of drug-likeness (QED) is 0.554. The minimum absolute atomic E-state index is 0.146. The van der Waals surface area contributed by atoms with Crippen LogP contribution in [0.15, 0.2) is 47.8 Å². The maximum atomic E-state index is 12.6. The molecule has 0 aliphatic carbocycles. The fourth-order valence-electron chi connectivity index (χ4n) is 2.97. The fourth-order valence-corrected chi connectivity index (χ4v) is 3.88. The number of nitrogens with zero attached hydrogens (tertiary/aromatic N) is 3. The molecular formula is C22H20N4OS. The summed E-state index contributed by atoms with van der Waals surface area (Å²) < 4.78 is 0. The number of fused-ring (bicyclic) bond motifs is 1. The molecule has 0 saturated carbocycles. The van der Waals surface area contributed by atoms with Gasteiger partial charge >= 0.3 is 0 Å². The van der Waals surface area contributed by atoms with E-state index in [4.69, 9.17) is 0 Å². The second-order valence-electron chi connectivity index (χ2n) is 6.74. The summed E-state index contributed by atoms with van der Waals surface area (Å²) in [6, 6.07) is 13.6. The van der Waals surface area contributed by atoms with E-state index in [0.717, 1.165) is 38.7 Å². The van der Waals surface area contributed by atoms with Crippen molar-refractivity contribution in [2.75, 3.05) is 0 Å². The van der Waals surface area contributed by atoms with E-state index in [2.05, 4.69) is 39.3 Å². The molecule has 0 unspecified atom stereocenters. The molecule has 0 atom stereocenters. The average Bonchev–Trinajstić information content (AvgIpc) is 3.16. The fraction of sp³-hybridized carbons (Fsp3) is 0.182. The second kappa shape index (κ2) is 7.48. The van der Waals surface area contributed by atoms with Crippen LogP contribution >= 0.6 is 11.3 Å². The van der Waals surface area contributed by atoms with E-state index in [1.807, 2.05) is 37.4 Å². The number of rotatable bonds is 4. The minimum Gasteiger partial charge on any atom is -0.346 e. The molecule has 0 radical (unpaired) electrons. The van der Waals surface area contributed by atoms with Crippen molar-refractivity contribution >= 4 is 28.3 Å². The number of aryl methyl sites for hydroxylation is 3. The molecule has 1 N–H and O–H groups in total. The number of aromatic nitrogens is 3. The number of hydrogen-bond acceptors (Lipinski definition) is 5. The second-order valence-corrected chi connectivity index (χ2v) is 7.60. The van der Waals surface area contributed by atoms with Crippen LogP contribution in [0.5, 0.6) is 0 Å². The lowest BCUT2D eigenvalue weighted by Crippen LogP contribution is -2.23. The van der Waals surface area contributed by atoms with Crippen LogP contribution in [0, 0.1) is 20.8 Å². The van der Waals surface area contributed by atoms with Gasteiger partial charge in [-0.3, -0.25) is 4.79 Å². The highest BCUT2D eigenvalue weighted by Crippen LogP contribution is 2.26. The van der Waals surface area contributed by atoms with Gasteiger partial charge < -0.3 is 5.32 Å². The number of amides is 1. The van der Waals surface area contributed by atoms with E-state index >= 15 is 0 Å². The van der Waals surface area contributed by atoms with Gasteiger partial charge in [-0.05, 0) is 44.5 Å². The molecule has 0 aliphatic heterocycles. The van der Waals surface area contributed by atoms with E-state index < -0.39 is 0 Å². The van der Waals surface area contributed by atoms with Gasteiger partial charge in [0.25, 0.3) is 5.91 Å². The lowest BCUT2D eigenvalue weighted by molar-refractivity contribution is 0.0950. The first kappa shape index (κ1) is 18.3. The molecule has 4 rings (SSSR count). The summed E-state index contributed by atoms with van der Waals surface area (Å²) in [5.74, 6) is -0.146. The molecule has 140 valence electrons. The molecule has 0 bridgehead atoms. The zero-order valence-electron chi connectivity index (χ0n) is 16.0. The first-order valence-corrected chi connectivity index (χ1v) is 9.93. The summed E-state index contributed by atoms with van der Waals surface area (Å²) in [6.45, 7) is 6.31. The smallest absolute Gasteiger partial charge is 0.251 e. The number of benzene rings is 2. The van der Waals surface area contributed by atoms with E-state index in [1.54, 1.807) is 23.5 Å². The van der Waals surface area contributed by atoms with Gasteiger partial charge in [-0.25, -0.2) is 15.0 Å². The van der Waals surface area contributed by atoms with Gasteiger partial charge in [0.2, 0.25) is 0 Å². The van der Waals surface area contributed by atoms with E-state index in [-0.39, 0.29) is 5.91 Å². The standard InChI is InChI=1S/C22H20N4OS/c1-13-6-4-5-7-18(13)22-26-17(12-28-22)11-23-21(27)16-8-9-19-20(10-16)25-15(3)14(2)24-19/h4-10,12H,11H2,1-3H3,(H,23,27). The first-order chi connectivity index (χ1) is 13.5. The molecule has 28 heavy (non-hydrogen) atoms. The Hall–Kier alpha value is -3.12. The molecule has 2 heterocycles. The Morgan fingerprint density at radius 2 is 1.71 bits per heavy atom. The maximum Gasteiger partial charge on any atom is 0.251 e. The summed E-state index contributed by atoms with van der Waals surface area (Å²) in [7, 11) is 0. The Morgan fingerprint density at radius 3 is 2.50 bits per heavy atom. The van der Waals surface area contributed by atoms with Gasteiger partial charge in [0.05, 0.1) is 34.7 Å². The number of hydrogen-bond donors (Lipinski definition) is 1. The van der Waals surface area contributed by atoms with E-state index in [9.17, 15) is 4.79 Å². The van der Waals surface area contributed by atoms with Crippen LogP contribution in [0.2, 0.25) is 0 Å². The number of carbonyl (C=O) groups excluding carboxylic acids is 1. The average molecular weight is 388 g/mol. The Bertz CT molecular complexity index is 1180. The van der Waals surface area contributed by atoms with Crippen LogP contribution in [0.25, 0.3) is 21.6 Å². The molecule has 0 fully saturated rings. The largest absolute Gasteiger partial charge is 0.346 e. The molecule has 1 amide bonds. The predicted octanol–water partition coefficient (Wildman–Crippen LogP) is 4.61. The predicted molar refractivity (Wildman–Crippen MR) is 112 cm³/mol. The van der Waals surface area contributed by atoms with Crippen LogP contribution in [-0.4, -0.2) is 20.9 Å². The molecule has 0 saturated heterocycles. The molecule has 2 aromatic heterocycles. The normalized spacial score (nSPS) is 11.0. The molecule has 0 spiro atoms. The molecule has 2 aromatic carbocycles. The van der Waals surface area contributed by atoms with Crippen molar-refractivity contribution in [3.8, 4) is 10.6 Å². The Kier molecular flexibility index (Phi) is 4.88. The highest BCUT2D eigenvalue weighted by Gasteiger charge is 2.11. The van der Waals surface area contributed by atoms with Gasteiger partial charge in [0.15, 0.2) is 0 Å². The van der Waals surface area contributed by atoms with Crippen molar-refractivity contribution in [1.29, 1.82) is 0 Å². The number of thiazole rings is 1. The molecule has 4 aromatic rings. The van der Waals surface area contributed by atoms with E-state index in [1.165, 1.54) is 5.56 Å². The molecule has 5 nitrogen and oxygen atoms in total. The van der Waals surface area contributed by atoms with Crippen molar-refractivity contribution in [3.63, 3.8) is 0 Å². The van der Waals surface area contributed by atoms with Crippen molar-refractivity contribution in [2.24, 2.45) is 0 Å². The maximum absolute atomic E-state index is 12.6. The first-order valence-electron chi connectivity index (χ1n) is 9.05. The Labute approximate surface area is 167 Å². The summed E-state index contributed by atoms with van der Waals surface area (Å²) in [6.07, 6.45) is 0. The Morgan fingerprint density at radius 1 is 0.964 bits per heavy atom. The van der Waals surface area contributed by atoms with Gasteiger partial charge in [0.1, 0.15) is 5.01 Å². The minimum atomic E-state index is -0.146. The number of carbonyl (C=O) groups is 1. The van der Waals surface area contributed by atoms with Crippen molar-refractivity contribution < 1.29 is 4.79 Å². The zero-order chi connectivity index (χ0) is 19.7. The van der Waals surface area contributed by atoms with Crippen LogP contribution in [0.3, 0.4) is 0 Å². The highest BCUT2D eigenvalue weighted by molar-refractivity contribution is 7.13. The Balaban J connectivity index is 1.48. The lowest BCUT2D eigenvalue weighted by Gasteiger charge is -2.06. The summed E-state index contributed by atoms with van der Waals surface area (Å²) >= 11 is 1.59. The lowest BCUT2D eigenvalue weighted by atomic mass is 10.1. The van der Waals surface area contributed by atoms with Crippen LogP contribution in [-0.2, 0) is 6.54 Å². The van der Waals surface area contributed by atoms with Crippen LogP contribution < -0.4 is 5.32 Å². The van der Waals surface area contributed by atoms with Crippen LogP contribution in [0.1, 0.15) is 33.0 Å². The summed E-state index contributed by atoms with van der Waals surface area (Å²) in [5.41, 5.74) is 7.03. The van der Waals surface area contributed by atoms with Gasteiger partial charge in [0, 0.05) is 16.5 Å². The van der Waals surface area contributed by atoms with Gasteiger partial charge in [-0.1, -0.05) is 24.3 Å². The number of nitrogens with one attached hydrogen (secondary N) is 1. The summed E-state index contributed by atoms with van der Waals surface area (Å²) in [5, 5.41) is 5.90. The topological polar surface area (TPSA) is 67.8 Å². The third kappa shape index (κ3) is 3.64. The molecular weight excluding hydrogens is 368 g/mol. The molecule has 0 aliphatic rings. The monoisotopic (exact) mass is 388 g/mol. The SMILES string of the molecule is Cc1ccccc1-c1nc(CNC(=O)c2ccc3nc(C)c(C)nc3c2)cs1. The van der Waals surface area contributed by atoms with Crippen molar-refractivity contribution in [2.45, 2.75) is 27.3 Å². The van der Waals surface area contributed by atoms with Gasteiger partial charge in [-0.15, -0.1) is 11.3 Å². The van der Waals surface area contributed by atoms with Crippen LogP contribution in [0.4, 0.5) is 0 Å². The van der Waals surface area contributed by atoms with Crippen molar-refractivity contribution in [3.05, 3.63) is 76.1 Å². The molecule has 6 heteroatoms. The zero-order valence-corrected chi connectivity index (χ0v) is 16.8. The summed E-state index contributed by atoms with van der Waals surface area (Å²) in [4.78, 5) is 26.3. The van der Waals surface area contributed by atoms with Crippen molar-refractivity contribution in [1.82, 2.24) is 20.3 Å².